The molecule has 3 rings (SSSR count). The van der Waals surface area contributed by atoms with E-state index in [1.54, 1.807) is 4.68 Å². The Labute approximate surface area is 123 Å². The SMILES string of the molecule is CCn1[nH]c(-c2ccccc2)c(-c2ccc(C)cc2)c1=O. The average molecular weight is 278 g/mol. The number of rotatable bonds is 3. The van der Waals surface area contributed by atoms with Crippen LogP contribution in [0.4, 0.5) is 0 Å². The minimum absolute atomic E-state index is 0.0280. The summed E-state index contributed by atoms with van der Waals surface area (Å²) < 4.78 is 1.65. The fraction of sp³-hybridized carbons (Fsp3) is 0.167. The maximum absolute atomic E-state index is 12.6. The van der Waals surface area contributed by atoms with Gasteiger partial charge in [0.15, 0.2) is 0 Å². The van der Waals surface area contributed by atoms with Crippen LogP contribution in [-0.2, 0) is 6.54 Å². The third-order valence-corrected chi connectivity index (χ3v) is 3.67. The number of nitrogens with zero attached hydrogens (tertiary/aromatic N) is 1. The minimum Gasteiger partial charge on any atom is -0.294 e. The summed E-state index contributed by atoms with van der Waals surface area (Å²) in [5, 5.41) is 3.23. The van der Waals surface area contributed by atoms with Crippen LogP contribution >= 0.6 is 0 Å². The molecule has 1 heterocycles. The molecular formula is C18H18N2O. The Bertz CT molecular complexity index is 795. The highest BCUT2D eigenvalue weighted by molar-refractivity contribution is 5.80. The van der Waals surface area contributed by atoms with E-state index in [0.717, 1.165) is 22.4 Å². The number of aryl methyl sites for hydroxylation is 2. The van der Waals surface area contributed by atoms with Crippen molar-refractivity contribution in [3.8, 4) is 22.4 Å². The van der Waals surface area contributed by atoms with E-state index in [-0.39, 0.29) is 5.56 Å². The smallest absolute Gasteiger partial charge is 0.274 e. The van der Waals surface area contributed by atoms with Crippen LogP contribution in [0.3, 0.4) is 0 Å². The third kappa shape index (κ3) is 2.42. The Hall–Kier alpha value is -2.55. The molecule has 106 valence electrons. The standard InChI is InChI=1S/C18H18N2O/c1-3-20-18(21)16(14-11-9-13(2)10-12-14)17(19-20)15-7-5-4-6-8-15/h4-12,19H,3H2,1-2H3. The summed E-state index contributed by atoms with van der Waals surface area (Å²) in [6.45, 7) is 4.64. The van der Waals surface area contributed by atoms with E-state index in [2.05, 4.69) is 5.10 Å². The average Bonchev–Trinajstić information content (AvgIpc) is 2.86. The summed E-state index contributed by atoms with van der Waals surface area (Å²) in [6, 6.07) is 18.1. The molecule has 0 saturated carbocycles. The zero-order chi connectivity index (χ0) is 14.8. The summed E-state index contributed by atoms with van der Waals surface area (Å²) in [5.74, 6) is 0. The zero-order valence-electron chi connectivity index (χ0n) is 12.3. The Morgan fingerprint density at radius 1 is 0.952 bits per heavy atom. The first-order valence-electron chi connectivity index (χ1n) is 7.16. The molecule has 0 aliphatic rings. The summed E-state index contributed by atoms with van der Waals surface area (Å²) >= 11 is 0. The number of nitrogens with one attached hydrogen (secondary N) is 1. The van der Waals surface area contributed by atoms with Crippen LogP contribution in [0.5, 0.6) is 0 Å². The highest BCUT2D eigenvalue weighted by Gasteiger charge is 2.16. The first-order valence-corrected chi connectivity index (χ1v) is 7.16. The molecule has 1 aromatic heterocycles. The van der Waals surface area contributed by atoms with E-state index < -0.39 is 0 Å². The van der Waals surface area contributed by atoms with Gasteiger partial charge >= 0.3 is 0 Å². The molecule has 3 aromatic rings. The molecule has 3 heteroatoms. The maximum Gasteiger partial charge on any atom is 0.274 e. The van der Waals surface area contributed by atoms with Gasteiger partial charge in [0.05, 0.1) is 11.3 Å². The molecule has 2 aromatic carbocycles. The van der Waals surface area contributed by atoms with Gasteiger partial charge in [0, 0.05) is 12.1 Å². The molecule has 0 aliphatic carbocycles. The van der Waals surface area contributed by atoms with Crippen LogP contribution < -0.4 is 5.56 Å². The molecule has 3 nitrogen and oxygen atoms in total. The van der Waals surface area contributed by atoms with E-state index in [0.29, 0.717) is 6.54 Å². The van der Waals surface area contributed by atoms with Crippen LogP contribution in [0.25, 0.3) is 22.4 Å². The van der Waals surface area contributed by atoms with Gasteiger partial charge in [-0.15, -0.1) is 0 Å². The number of aromatic amines is 1. The molecule has 21 heavy (non-hydrogen) atoms. The zero-order valence-corrected chi connectivity index (χ0v) is 12.3. The largest absolute Gasteiger partial charge is 0.294 e. The number of aromatic nitrogens is 2. The second-order valence-corrected chi connectivity index (χ2v) is 5.14. The van der Waals surface area contributed by atoms with Crippen LogP contribution in [0.2, 0.25) is 0 Å². The Morgan fingerprint density at radius 2 is 1.62 bits per heavy atom. The van der Waals surface area contributed by atoms with Gasteiger partial charge in [-0.05, 0) is 19.4 Å². The normalized spacial score (nSPS) is 10.8. The van der Waals surface area contributed by atoms with Crippen molar-refractivity contribution < 1.29 is 0 Å². The molecule has 0 radical (unpaired) electrons. The Morgan fingerprint density at radius 3 is 2.24 bits per heavy atom. The Balaban J connectivity index is 2.25. The highest BCUT2D eigenvalue weighted by Crippen LogP contribution is 2.28. The molecular weight excluding hydrogens is 260 g/mol. The monoisotopic (exact) mass is 278 g/mol. The van der Waals surface area contributed by atoms with Gasteiger partial charge in [0.2, 0.25) is 0 Å². The fourth-order valence-electron chi connectivity index (χ4n) is 2.51. The van der Waals surface area contributed by atoms with Crippen molar-refractivity contribution in [1.82, 2.24) is 9.78 Å². The van der Waals surface area contributed by atoms with Crippen molar-refractivity contribution in [2.45, 2.75) is 20.4 Å². The van der Waals surface area contributed by atoms with Crippen molar-refractivity contribution in [3.63, 3.8) is 0 Å². The van der Waals surface area contributed by atoms with E-state index in [4.69, 9.17) is 0 Å². The van der Waals surface area contributed by atoms with Crippen molar-refractivity contribution in [2.75, 3.05) is 0 Å². The molecule has 0 bridgehead atoms. The van der Waals surface area contributed by atoms with Crippen molar-refractivity contribution in [3.05, 3.63) is 70.5 Å². The van der Waals surface area contributed by atoms with Crippen LogP contribution in [0.1, 0.15) is 12.5 Å². The van der Waals surface area contributed by atoms with Gasteiger partial charge in [-0.3, -0.25) is 14.6 Å². The number of benzene rings is 2. The number of hydrogen-bond donors (Lipinski definition) is 1. The lowest BCUT2D eigenvalue weighted by Crippen LogP contribution is -2.16. The topological polar surface area (TPSA) is 37.8 Å². The second-order valence-electron chi connectivity index (χ2n) is 5.14. The van der Waals surface area contributed by atoms with E-state index in [9.17, 15) is 4.79 Å². The van der Waals surface area contributed by atoms with Crippen molar-refractivity contribution in [2.24, 2.45) is 0 Å². The molecule has 0 fully saturated rings. The lowest BCUT2D eigenvalue weighted by Gasteiger charge is -2.03. The quantitative estimate of drug-likeness (QED) is 0.776. The second kappa shape index (κ2) is 5.44. The van der Waals surface area contributed by atoms with E-state index >= 15 is 0 Å². The van der Waals surface area contributed by atoms with E-state index in [1.807, 2.05) is 68.4 Å². The summed E-state index contributed by atoms with van der Waals surface area (Å²) in [6.07, 6.45) is 0. The van der Waals surface area contributed by atoms with Gasteiger partial charge in [-0.2, -0.15) is 0 Å². The highest BCUT2D eigenvalue weighted by atomic mass is 16.1. The molecule has 0 aliphatic heterocycles. The molecule has 0 saturated heterocycles. The first-order chi connectivity index (χ1) is 10.2. The van der Waals surface area contributed by atoms with Crippen molar-refractivity contribution in [1.29, 1.82) is 0 Å². The molecule has 0 unspecified atom stereocenters. The van der Waals surface area contributed by atoms with E-state index in [1.165, 1.54) is 5.56 Å². The maximum atomic E-state index is 12.6. The minimum atomic E-state index is 0.0280. The van der Waals surface area contributed by atoms with Crippen LogP contribution in [0, 0.1) is 6.92 Å². The predicted molar refractivity (Wildman–Crippen MR) is 86.3 cm³/mol. The lowest BCUT2D eigenvalue weighted by atomic mass is 10.0. The van der Waals surface area contributed by atoms with Gasteiger partial charge < -0.3 is 0 Å². The first kappa shape index (κ1) is 13.4. The van der Waals surface area contributed by atoms with Gasteiger partial charge in [0.1, 0.15) is 0 Å². The number of H-pyrrole nitrogens is 1. The van der Waals surface area contributed by atoms with Gasteiger partial charge in [-0.1, -0.05) is 60.2 Å². The summed E-state index contributed by atoms with van der Waals surface area (Å²) in [5.41, 5.74) is 4.81. The summed E-state index contributed by atoms with van der Waals surface area (Å²) in [7, 11) is 0. The molecule has 0 atom stereocenters. The van der Waals surface area contributed by atoms with Crippen molar-refractivity contribution >= 4 is 0 Å². The third-order valence-electron chi connectivity index (χ3n) is 3.67. The number of hydrogen-bond acceptors (Lipinski definition) is 1. The molecule has 0 spiro atoms. The Kier molecular flexibility index (Phi) is 3.48. The predicted octanol–water partition coefficient (Wildman–Crippen LogP) is 3.84. The van der Waals surface area contributed by atoms with Crippen LogP contribution in [0.15, 0.2) is 59.4 Å². The molecule has 1 N–H and O–H groups in total. The summed E-state index contributed by atoms with van der Waals surface area (Å²) in [4.78, 5) is 12.6. The fourth-order valence-corrected chi connectivity index (χ4v) is 2.51. The lowest BCUT2D eigenvalue weighted by molar-refractivity contribution is 0.640. The van der Waals surface area contributed by atoms with Gasteiger partial charge in [0.25, 0.3) is 5.56 Å². The molecule has 0 amide bonds. The van der Waals surface area contributed by atoms with Crippen LogP contribution in [-0.4, -0.2) is 9.78 Å². The van der Waals surface area contributed by atoms with Gasteiger partial charge in [-0.25, -0.2) is 0 Å².